The van der Waals surface area contributed by atoms with E-state index in [1.165, 1.54) is 16.9 Å². The van der Waals surface area contributed by atoms with Crippen molar-refractivity contribution in [3.05, 3.63) is 58.9 Å². The van der Waals surface area contributed by atoms with Crippen LogP contribution in [0.1, 0.15) is 30.0 Å². The van der Waals surface area contributed by atoms with Gasteiger partial charge in [-0.2, -0.15) is 5.10 Å². The fourth-order valence-electron chi connectivity index (χ4n) is 3.12. The minimum Gasteiger partial charge on any atom is -0.485 e. The maximum absolute atomic E-state index is 9.26. The van der Waals surface area contributed by atoms with E-state index in [1.807, 2.05) is 18.2 Å². The number of ether oxygens (including phenoxy) is 1. The smallest absolute Gasteiger partial charge is 0.188 e. The summed E-state index contributed by atoms with van der Waals surface area (Å²) in [4.78, 5) is 9.42. The molecule has 29 heavy (non-hydrogen) atoms. The zero-order valence-electron chi connectivity index (χ0n) is 16.3. The van der Waals surface area contributed by atoms with E-state index in [0.29, 0.717) is 23.5 Å². The van der Waals surface area contributed by atoms with Gasteiger partial charge in [0.05, 0.1) is 17.2 Å². The van der Waals surface area contributed by atoms with Crippen LogP contribution in [0.4, 0.5) is 10.9 Å². The molecule has 7 nitrogen and oxygen atoms in total. The van der Waals surface area contributed by atoms with Gasteiger partial charge >= 0.3 is 0 Å². The van der Waals surface area contributed by atoms with Gasteiger partial charge in [-0.25, -0.2) is 4.98 Å². The highest BCUT2D eigenvalue weighted by Crippen LogP contribution is 2.34. The normalized spacial score (nSPS) is 11.3. The lowest BCUT2D eigenvalue weighted by Crippen LogP contribution is -2.00. The molecule has 0 aliphatic heterocycles. The monoisotopic (exact) mass is 409 g/mol. The second-order valence-electron chi connectivity index (χ2n) is 7.21. The lowest BCUT2D eigenvalue weighted by atomic mass is 10.0. The van der Waals surface area contributed by atoms with E-state index in [0.717, 1.165) is 33.6 Å². The van der Waals surface area contributed by atoms with Crippen molar-refractivity contribution in [1.29, 1.82) is 0 Å². The standard InChI is InChI=1S/C21H23N5O2S/c1-13(2)7-14-8-17-19(18(9-14)28-12-15-5-3-4-6-22-15)25-26-20(17)24-21-23-10-16(11-27)29-21/h3-6,8-10,13,27H,7,11-12H2,1-2H3,(H2,23,24,25,26). The fourth-order valence-corrected chi connectivity index (χ4v) is 3.79. The first kappa shape index (κ1) is 19.4. The van der Waals surface area contributed by atoms with Crippen molar-refractivity contribution in [1.82, 2.24) is 20.2 Å². The summed E-state index contributed by atoms with van der Waals surface area (Å²) >= 11 is 1.40. The Labute approximate surface area is 172 Å². The summed E-state index contributed by atoms with van der Waals surface area (Å²) in [5.74, 6) is 1.96. The molecular weight excluding hydrogens is 386 g/mol. The summed E-state index contributed by atoms with van der Waals surface area (Å²) in [5, 5.41) is 21.7. The van der Waals surface area contributed by atoms with Crippen molar-refractivity contribution < 1.29 is 9.84 Å². The van der Waals surface area contributed by atoms with E-state index in [2.05, 4.69) is 51.5 Å². The second kappa shape index (κ2) is 8.59. The number of aliphatic hydroxyl groups excluding tert-OH is 1. The highest BCUT2D eigenvalue weighted by atomic mass is 32.1. The van der Waals surface area contributed by atoms with Gasteiger partial charge in [0.25, 0.3) is 0 Å². The molecule has 4 rings (SSSR count). The van der Waals surface area contributed by atoms with Crippen LogP contribution in [0.15, 0.2) is 42.7 Å². The molecule has 0 radical (unpaired) electrons. The summed E-state index contributed by atoms with van der Waals surface area (Å²) < 4.78 is 6.11. The first-order valence-electron chi connectivity index (χ1n) is 9.48. The van der Waals surface area contributed by atoms with E-state index >= 15 is 0 Å². The van der Waals surface area contributed by atoms with Crippen molar-refractivity contribution in [2.75, 3.05) is 5.32 Å². The number of hydrogen-bond donors (Lipinski definition) is 3. The Balaban J connectivity index is 1.67. The number of thiazole rings is 1. The third kappa shape index (κ3) is 4.55. The number of hydrogen-bond acceptors (Lipinski definition) is 7. The number of pyridine rings is 1. The molecule has 0 bridgehead atoms. The van der Waals surface area contributed by atoms with Crippen molar-refractivity contribution >= 4 is 33.2 Å². The van der Waals surface area contributed by atoms with Crippen LogP contribution in [0.5, 0.6) is 5.75 Å². The minimum atomic E-state index is -0.0231. The lowest BCUT2D eigenvalue weighted by molar-refractivity contribution is 0.285. The van der Waals surface area contributed by atoms with E-state index in [1.54, 1.807) is 12.4 Å². The Hall–Kier alpha value is -2.97. The molecule has 150 valence electrons. The van der Waals surface area contributed by atoms with Crippen LogP contribution in [0.25, 0.3) is 10.9 Å². The largest absolute Gasteiger partial charge is 0.485 e. The molecule has 8 heteroatoms. The van der Waals surface area contributed by atoms with Crippen LogP contribution >= 0.6 is 11.3 Å². The van der Waals surface area contributed by atoms with Gasteiger partial charge in [-0.15, -0.1) is 0 Å². The maximum atomic E-state index is 9.26. The molecular formula is C21H23N5O2S. The lowest BCUT2D eigenvalue weighted by Gasteiger charge is -2.11. The first-order valence-corrected chi connectivity index (χ1v) is 10.3. The molecule has 0 fully saturated rings. The average Bonchev–Trinajstić information content (AvgIpc) is 3.34. The van der Waals surface area contributed by atoms with Gasteiger partial charge < -0.3 is 15.2 Å². The highest BCUT2D eigenvalue weighted by Gasteiger charge is 2.15. The number of aliphatic hydroxyl groups is 1. The first-order chi connectivity index (χ1) is 14.1. The van der Waals surface area contributed by atoms with Gasteiger partial charge in [0.1, 0.15) is 17.9 Å². The summed E-state index contributed by atoms with van der Waals surface area (Å²) in [5.41, 5.74) is 2.88. The van der Waals surface area contributed by atoms with Crippen LogP contribution in [-0.4, -0.2) is 25.3 Å². The van der Waals surface area contributed by atoms with Gasteiger partial charge in [-0.1, -0.05) is 31.3 Å². The molecule has 0 spiro atoms. The van der Waals surface area contributed by atoms with Crippen molar-refractivity contribution in [3.8, 4) is 5.75 Å². The number of anilines is 2. The van der Waals surface area contributed by atoms with Gasteiger partial charge in [0, 0.05) is 17.8 Å². The Morgan fingerprint density at radius 3 is 2.86 bits per heavy atom. The summed E-state index contributed by atoms with van der Waals surface area (Å²) in [6, 6.07) is 9.98. The van der Waals surface area contributed by atoms with Crippen LogP contribution in [0, 0.1) is 5.92 Å². The van der Waals surface area contributed by atoms with Crippen LogP contribution in [0.2, 0.25) is 0 Å². The number of aromatic amines is 1. The van der Waals surface area contributed by atoms with Gasteiger partial charge in [-0.3, -0.25) is 10.1 Å². The Kier molecular flexibility index (Phi) is 5.73. The Morgan fingerprint density at radius 2 is 2.14 bits per heavy atom. The van der Waals surface area contributed by atoms with Crippen LogP contribution < -0.4 is 10.1 Å². The fraction of sp³-hybridized carbons (Fsp3) is 0.286. The van der Waals surface area contributed by atoms with Gasteiger partial charge in [0.15, 0.2) is 10.9 Å². The summed E-state index contributed by atoms with van der Waals surface area (Å²) in [7, 11) is 0. The van der Waals surface area contributed by atoms with Crippen LogP contribution in [-0.2, 0) is 19.6 Å². The predicted octanol–water partition coefficient (Wildman–Crippen LogP) is 4.43. The number of benzene rings is 1. The topological polar surface area (TPSA) is 96.0 Å². The SMILES string of the molecule is CC(C)Cc1cc(OCc2ccccn2)c2[nH]nc(Nc3ncc(CO)s3)c2c1. The Bertz CT molecular complexity index is 1090. The number of fused-ring (bicyclic) bond motifs is 1. The molecule has 0 aliphatic carbocycles. The maximum Gasteiger partial charge on any atom is 0.188 e. The van der Waals surface area contributed by atoms with Gasteiger partial charge in [0.2, 0.25) is 0 Å². The number of nitrogens with zero attached hydrogens (tertiary/aromatic N) is 3. The number of H-pyrrole nitrogens is 1. The predicted molar refractivity (Wildman–Crippen MR) is 115 cm³/mol. The number of rotatable bonds is 8. The quantitative estimate of drug-likeness (QED) is 0.398. The third-order valence-electron chi connectivity index (χ3n) is 4.38. The second-order valence-corrected chi connectivity index (χ2v) is 8.33. The van der Waals surface area contributed by atoms with E-state index < -0.39 is 0 Å². The zero-order chi connectivity index (χ0) is 20.2. The molecule has 0 unspecified atom stereocenters. The molecule has 0 amide bonds. The van der Waals surface area contributed by atoms with Gasteiger partial charge in [-0.05, 0) is 42.2 Å². The summed E-state index contributed by atoms with van der Waals surface area (Å²) in [6.07, 6.45) is 4.36. The molecule has 3 heterocycles. The molecule has 0 saturated carbocycles. The molecule has 0 saturated heterocycles. The van der Waals surface area contributed by atoms with Crippen LogP contribution in [0.3, 0.4) is 0 Å². The molecule has 4 aromatic rings. The zero-order valence-corrected chi connectivity index (χ0v) is 17.2. The molecule has 0 atom stereocenters. The summed E-state index contributed by atoms with van der Waals surface area (Å²) in [6.45, 7) is 4.75. The van der Waals surface area contributed by atoms with E-state index in [4.69, 9.17) is 4.74 Å². The van der Waals surface area contributed by atoms with E-state index in [-0.39, 0.29) is 6.61 Å². The third-order valence-corrected chi connectivity index (χ3v) is 5.27. The highest BCUT2D eigenvalue weighted by molar-refractivity contribution is 7.15. The molecule has 3 aromatic heterocycles. The van der Waals surface area contributed by atoms with Crippen molar-refractivity contribution in [3.63, 3.8) is 0 Å². The van der Waals surface area contributed by atoms with E-state index in [9.17, 15) is 5.11 Å². The molecule has 1 aromatic carbocycles. The Morgan fingerprint density at radius 1 is 1.24 bits per heavy atom. The molecule has 3 N–H and O–H groups in total. The van der Waals surface area contributed by atoms with Crippen molar-refractivity contribution in [2.45, 2.75) is 33.5 Å². The average molecular weight is 410 g/mol. The minimum absolute atomic E-state index is 0.0231. The number of aromatic nitrogens is 4. The van der Waals surface area contributed by atoms with Crippen molar-refractivity contribution in [2.24, 2.45) is 5.92 Å². The molecule has 0 aliphatic rings. The number of nitrogens with one attached hydrogen (secondary N) is 2.